The van der Waals surface area contributed by atoms with Crippen LogP contribution >= 0.6 is 0 Å². The molecule has 0 radical (unpaired) electrons. The molecular weight excluding hydrogens is 190 g/mol. The molecule has 0 heterocycles. The molecule has 0 aliphatic carbocycles. The molecule has 0 aromatic carbocycles. The molecule has 0 aromatic heterocycles. The molecular formula is C12H27NO2. The van der Waals surface area contributed by atoms with E-state index >= 15 is 0 Å². The minimum atomic E-state index is -0.932. The van der Waals surface area contributed by atoms with Gasteiger partial charge in [-0.25, -0.2) is 0 Å². The Labute approximate surface area is 94.1 Å². The van der Waals surface area contributed by atoms with E-state index in [9.17, 15) is 9.90 Å². The van der Waals surface area contributed by atoms with Crippen molar-refractivity contribution in [2.75, 3.05) is 6.54 Å². The van der Waals surface area contributed by atoms with Crippen molar-refractivity contribution in [3.05, 3.63) is 0 Å². The van der Waals surface area contributed by atoms with Crippen LogP contribution in [0.1, 0.15) is 65.2 Å². The lowest BCUT2D eigenvalue weighted by atomic mass is 10.2. The SMILES string of the molecule is CCCCCC(=O)[O-].CCCCCC[NH3+]. The summed E-state index contributed by atoms with van der Waals surface area (Å²) < 4.78 is 0. The number of carboxylic acids is 1. The van der Waals surface area contributed by atoms with Crippen LogP contribution in [0.3, 0.4) is 0 Å². The largest absolute Gasteiger partial charge is 0.550 e. The second-order valence-electron chi connectivity index (χ2n) is 3.74. The van der Waals surface area contributed by atoms with Gasteiger partial charge in [0, 0.05) is 5.97 Å². The summed E-state index contributed by atoms with van der Waals surface area (Å²) in [4.78, 5) is 9.76. The van der Waals surface area contributed by atoms with Crippen molar-refractivity contribution in [3.8, 4) is 0 Å². The lowest BCUT2D eigenvalue weighted by Crippen LogP contribution is -2.50. The molecule has 0 unspecified atom stereocenters. The van der Waals surface area contributed by atoms with Gasteiger partial charge in [-0.05, 0) is 25.7 Å². The maximum absolute atomic E-state index is 9.76. The van der Waals surface area contributed by atoms with Gasteiger partial charge in [0.25, 0.3) is 0 Å². The first-order chi connectivity index (χ1) is 7.18. The third-order valence-electron chi connectivity index (χ3n) is 2.09. The third kappa shape index (κ3) is 24.7. The van der Waals surface area contributed by atoms with Gasteiger partial charge in [-0.1, -0.05) is 39.5 Å². The predicted molar refractivity (Wildman–Crippen MR) is 61.0 cm³/mol. The summed E-state index contributed by atoms with van der Waals surface area (Å²) in [6.45, 7) is 5.37. The van der Waals surface area contributed by atoms with Gasteiger partial charge in [0.1, 0.15) is 0 Å². The quantitative estimate of drug-likeness (QED) is 0.619. The molecule has 0 bridgehead atoms. The molecule has 0 spiro atoms. The summed E-state index contributed by atoms with van der Waals surface area (Å²) in [5, 5.41) is 9.76. The fraction of sp³-hybridized carbons (Fsp3) is 0.917. The number of hydrogen-bond acceptors (Lipinski definition) is 2. The van der Waals surface area contributed by atoms with Crippen molar-refractivity contribution in [1.82, 2.24) is 0 Å². The van der Waals surface area contributed by atoms with Crippen molar-refractivity contribution < 1.29 is 15.6 Å². The van der Waals surface area contributed by atoms with Gasteiger partial charge in [-0.3, -0.25) is 0 Å². The molecule has 3 N–H and O–H groups in total. The molecule has 0 aliphatic heterocycles. The number of aliphatic carboxylic acids is 1. The van der Waals surface area contributed by atoms with Crippen LogP contribution in [0.25, 0.3) is 0 Å². The maximum Gasteiger partial charge on any atom is 0.0739 e. The van der Waals surface area contributed by atoms with Crippen LogP contribution in [-0.4, -0.2) is 12.5 Å². The molecule has 0 fully saturated rings. The van der Waals surface area contributed by atoms with Crippen molar-refractivity contribution in [1.29, 1.82) is 0 Å². The Morgan fingerprint density at radius 2 is 1.53 bits per heavy atom. The summed E-state index contributed by atoms with van der Waals surface area (Å²) >= 11 is 0. The minimum absolute atomic E-state index is 0.216. The van der Waals surface area contributed by atoms with E-state index in [-0.39, 0.29) is 6.42 Å². The second kappa shape index (κ2) is 15.9. The van der Waals surface area contributed by atoms with Crippen LogP contribution < -0.4 is 10.8 Å². The van der Waals surface area contributed by atoms with E-state index in [1.165, 1.54) is 25.7 Å². The van der Waals surface area contributed by atoms with Gasteiger partial charge in [-0.2, -0.15) is 0 Å². The summed E-state index contributed by atoms with van der Waals surface area (Å²) in [6, 6.07) is 0. The zero-order valence-corrected chi connectivity index (χ0v) is 10.4. The van der Waals surface area contributed by atoms with Crippen LogP contribution in [0.4, 0.5) is 0 Å². The van der Waals surface area contributed by atoms with Crippen molar-refractivity contribution in [2.24, 2.45) is 0 Å². The molecule has 0 saturated carbocycles. The topological polar surface area (TPSA) is 67.8 Å². The Kier molecular flexibility index (Phi) is 17.8. The molecule has 0 aromatic rings. The van der Waals surface area contributed by atoms with E-state index in [1.807, 2.05) is 6.92 Å². The average Bonchev–Trinajstić information content (AvgIpc) is 2.20. The van der Waals surface area contributed by atoms with E-state index in [1.54, 1.807) is 0 Å². The average molecular weight is 217 g/mol. The first kappa shape index (κ1) is 16.8. The summed E-state index contributed by atoms with van der Waals surface area (Å²) in [5.41, 5.74) is 3.76. The predicted octanol–water partition coefficient (Wildman–Crippen LogP) is 1.13. The van der Waals surface area contributed by atoms with E-state index in [4.69, 9.17) is 0 Å². The number of unbranched alkanes of at least 4 members (excludes halogenated alkanes) is 5. The molecule has 3 heteroatoms. The lowest BCUT2D eigenvalue weighted by Gasteiger charge is -1.97. The zero-order chi connectivity index (χ0) is 11.9. The van der Waals surface area contributed by atoms with Crippen molar-refractivity contribution in [3.63, 3.8) is 0 Å². The molecule has 0 aliphatic rings. The third-order valence-corrected chi connectivity index (χ3v) is 2.09. The number of hydrogen-bond donors (Lipinski definition) is 1. The molecule has 3 nitrogen and oxygen atoms in total. The Bertz CT molecular complexity index is 123. The van der Waals surface area contributed by atoms with Gasteiger partial charge in [0.2, 0.25) is 0 Å². The fourth-order valence-corrected chi connectivity index (χ4v) is 1.12. The number of carbonyl (C=O) groups is 1. The second-order valence-corrected chi connectivity index (χ2v) is 3.74. The highest BCUT2D eigenvalue weighted by Gasteiger charge is 1.84. The monoisotopic (exact) mass is 217 g/mol. The van der Waals surface area contributed by atoms with E-state index in [0.29, 0.717) is 0 Å². The first-order valence-electron chi connectivity index (χ1n) is 6.18. The van der Waals surface area contributed by atoms with Crippen molar-refractivity contribution >= 4 is 5.97 Å². The molecule has 0 amide bonds. The fourth-order valence-electron chi connectivity index (χ4n) is 1.12. The number of quaternary nitrogens is 1. The highest BCUT2D eigenvalue weighted by atomic mass is 16.4. The van der Waals surface area contributed by atoms with Crippen LogP contribution in [0.2, 0.25) is 0 Å². The Morgan fingerprint density at radius 3 is 1.93 bits per heavy atom. The van der Waals surface area contributed by atoms with Gasteiger partial charge in [-0.15, -0.1) is 0 Å². The van der Waals surface area contributed by atoms with Gasteiger partial charge >= 0.3 is 0 Å². The lowest BCUT2D eigenvalue weighted by molar-refractivity contribution is -0.368. The van der Waals surface area contributed by atoms with Gasteiger partial charge in [0.05, 0.1) is 6.54 Å². The maximum atomic E-state index is 9.76. The zero-order valence-electron chi connectivity index (χ0n) is 10.4. The number of carboxylic acid groups (broad SMARTS) is 1. The standard InChI is InChI=1S/C6H15N.C6H12O2/c1-2-3-4-5-6-7;1-2-3-4-5-6(7)8/h2-7H2,1H3;2-5H2,1H3,(H,7,8). The molecule has 92 valence electrons. The molecule has 0 atom stereocenters. The Balaban J connectivity index is 0. The summed E-state index contributed by atoms with van der Waals surface area (Å²) in [6.07, 6.45) is 8.44. The van der Waals surface area contributed by atoms with E-state index < -0.39 is 5.97 Å². The van der Waals surface area contributed by atoms with Gasteiger partial charge < -0.3 is 15.6 Å². The van der Waals surface area contributed by atoms with Crippen LogP contribution in [0.5, 0.6) is 0 Å². The summed E-state index contributed by atoms with van der Waals surface area (Å²) in [7, 11) is 0. The first-order valence-corrected chi connectivity index (χ1v) is 6.18. The number of rotatable bonds is 8. The van der Waals surface area contributed by atoms with Crippen molar-refractivity contribution in [2.45, 2.75) is 65.2 Å². The van der Waals surface area contributed by atoms with Crippen LogP contribution in [0, 0.1) is 0 Å². The minimum Gasteiger partial charge on any atom is -0.550 e. The van der Waals surface area contributed by atoms with E-state index in [2.05, 4.69) is 12.7 Å². The smallest absolute Gasteiger partial charge is 0.0739 e. The Morgan fingerprint density at radius 1 is 1.00 bits per heavy atom. The van der Waals surface area contributed by atoms with Crippen LogP contribution in [-0.2, 0) is 4.79 Å². The normalized spacial score (nSPS) is 9.27. The molecule has 0 rings (SSSR count). The molecule has 0 saturated heterocycles. The van der Waals surface area contributed by atoms with E-state index in [0.717, 1.165) is 25.8 Å². The van der Waals surface area contributed by atoms with Gasteiger partial charge in [0.15, 0.2) is 0 Å². The summed E-state index contributed by atoms with van der Waals surface area (Å²) in [5.74, 6) is -0.932. The highest BCUT2D eigenvalue weighted by Crippen LogP contribution is 1.96. The number of carbonyl (C=O) groups excluding carboxylic acids is 1. The molecule has 15 heavy (non-hydrogen) atoms. The Hall–Kier alpha value is -0.570. The van der Waals surface area contributed by atoms with Crippen LogP contribution in [0.15, 0.2) is 0 Å². The highest BCUT2D eigenvalue weighted by molar-refractivity contribution is 5.63.